The van der Waals surface area contributed by atoms with Crippen LogP contribution in [0.15, 0.2) is 12.3 Å². The van der Waals surface area contributed by atoms with Gasteiger partial charge in [0.05, 0.1) is 0 Å². The third kappa shape index (κ3) is 0.787. The van der Waals surface area contributed by atoms with Gasteiger partial charge in [-0.2, -0.15) is 0 Å². The van der Waals surface area contributed by atoms with Crippen LogP contribution in [0.5, 0.6) is 0 Å². The topological polar surface area (TPSA) is 27.8 Å². The van der Waals surface area contributed by atoms with Gasteiger partial charge in [0.25, 0.3) is 0 Å². The van der Waals surface area contributed by atoms with E-state index in [0.29, 0.717) is 5.54 Å². The molecule has 0 atom stereocenters. The second-order valence-electron chi connectivity index (χ2n) is 4.15. The molecule has 0 amide bonds. The Kier molecular flexibility index (Phi) is 1.20. The lowest BCUT2D eigenvalue weighted by molar-refractivity contribution is 0.170. The minimum absolute atomic E-state index is 0.495. The second kappa shape index (κ2) is 2.13. The van der Waals surface area contributed by atoms with Gasteiger partial charge < -0.3 is 10.3 Å². The van der Waals surface area contributed by atoms with Gasteiger partial charge in [-0.15, -0.1) is 0 Å². The van der Waals surface area contributed by atoms with E-state index in [9.17, 15) is 0 Å². The molecule has 1 aliphatic heterocycles. The number of hydrogen-bond donors (Lipinski definition) is 2. The average molecular weight is 162 g/mol. The zero-order valence-electron chi connectivity index (χ0n) is 7.19. The van der Waals surface area contributed by atoms with E-state index in [1.54, 1.807) is 0 Å². The maximum absolute atomic E-state index is 3.64. The Bertz CT molecular complexity index is 297. The summed E-state index contributed by atoms with van der Waals surface area (Å²) in [4.78, 5) is 3.28. The van der Waals surface area contributed by atoms with Crippen molar-refractivity contribution in [3.05, 3.63) is 23.5 Å². The van der Waals surface area contributed by atoms with Crippen LogP contribution in [0, 0.1) is 0 Å². The quantitative estimate of drug-likeness (QED) is 0.595. The van der Waals surface area contributed by atoms with Gasteiger partial charge in [0.1, 0.15) is 0 Å². The molecular formula is C10H14N2. The lowest BCUT2D eigenvalue weighted by atomic mass is 9.71. The average Bonchev–Trinajstić information content (AvgIpc) is 2.46. The summed E-state index contributed by atoms with van der Waals surface area (Å²) in [6, 6.07) is 2.23. The van der Waals surface area contributed by atoms with Crippen molar-refractivity contribution in [2.24, 2.45) is 0 Å². The number of aromatic amines is 1. The van der Waals surface area contributed by atoms with Crippen LogP contribution in [-0.4, -0.2) is 10.5 Å². The largest absolute Gasteiger partial charge is 0.364 e. The van der Waals surface area contributed by atoms with Crippen LogP contribution in [0.2, 0.25) is 0 Å². The first-order valence-electron chi connectivity index (χ1n) is 4.78. The van der Waals surface area contributed by atoms with Crippen LogP contribution < -0.4 is 5.32 Å². The van der Waals surface area contributed by atoms with E-state index >= 15 is 0 Å². The molecule has 2 aliphatic rings. The molecule has 2 nitrogen and oxygen atoms in total. The number of fused-ring (bicyclic) bond motifs is 1. The van der Waals surface area contributed by atoms with Crippen LogP contribution >= 0.6 is 0 Å². The summed E-state index contributed by atoms with van der Waals surface area (Å²) in [5.41, 5.74) is 3.43. The van der Waals surface area contributed by atoms with E-state index in [0.717, 1.165) is 6.54 Å². The third-order valence-electron chi connectivity index (χ3n) is 3.41. The highest BCUT2D eigenvalue weighted by molar-refractivity contribution is 5.27. The molecule has 1 saturated carbocycles. The lowest BCUT2D eigenvalue weighted by Crippen LogP contribution is -2.54. The third-order valence-corrected chi connectivity index (χ3v) is 3.41. The monoisotopic (exact) mass is 162 g/mol. The number of H-pyrrole nitrogens is 1. The van der Waals surface area contributed by atoms with Gasteiger partial charge in [-0.05, 0) is 37.3 Å². The molecule has 1 fully saturated rings. The first kappa shape index (κ1) is 6.72. The fourth-order valence-corrected chi connectivity index (χ4v) is 2.43. The summed E-state index contributed by atoms with van der Waals surface area (Å²) in [5.74, 6) is 0. The molecule has 0 aromatic carbocycles. The smallest absolute Gasteiger partial charge is 0.0365 e. The number of rotatable bonds is 0. The molecule has 0 bridgehead atoms. The Labute approximate surface area is 72.4 Å². The molecule has 1 aromatic heterocycles. The van der Waals surface area contributed by atoms with E-state index in [4.69, 9.17) is 0 Å². The zero-order valence-corrected chi connectivity index (χ0v) is 7.19. The van der Waals surface area contributed by atoms with Crippen LogP contribution in [-0.2, 0) is 13.0 Å². The van der Waals surface area contributed by atoms with Crippen LogP contribution in [0.4, 0.5) is 0 Å². The summed E-state index contributed by atoms with van der Waals surface area (Å²) < 4.78 is 0. The number of hydrogen-bond acceptors (Lipinski definition) is 1. The van der Waals surface area contributed by atoms with Gasteiger partial charge in [-0.1, -0.05) is 0 Å². The number of aromatic nitrogens is 1. The predicted molar refractivity (Wildman–Crippen MR) is 47.9 cm³/mol. The first-order chi connectivity index (χ1) is 5.88. The Morgan fingerprint density at radius 2 is 2.25 bits per heavy atom. The first-order valence-corrected chi connectivity index (χ1v) is 4.78. The molecule has 1 spiro atoms. The summed E-state index contributed by atoms with van der Waals surface area (Å²) >= 11 is 0. The van der Waals surface area contributed by atoms with Crippen LogP contribution in [0.3, 0.4) is 0 Å². The number of nitrogens with one attached hydrogen (secondary N) is 2. The molecule has 0 unspecified atom stereocenters. The summed E-state index contributed by atoms with van der Waals surface area (Å²) in [7, 11) is 0. The maximum Gasteiger partial charge on any atom is 0.0365 e. The van der Waals surface area contributed by atoms with Crippen molar-refractivity contribution in [3.8, 4) is 0 Å². The fraction of sp³-hybridized carbons (Fsp3) is 0.600. The molecule has 1 aliphatic carbocycles. The van der Waals surface area contributed by atoms with Crippen molar-refractivity contribution < 1.29 is 0 Å². The minimum Gasteiger partial charge on any atom is -0.364 e. The van der Waals surface area contributed by atoms with E-state index in [1.165, 1.54) is 36.9 Å². The lowest BCUT2D eigenvalue weighted by Gasteiger charge is -2.45. The standard InChI is InChI=1S/C10H14N2/c1-3-10(4-1)6-8-2-5-11-9(8)7-12-10/h2,5,11-12H,1,3-4,6-7H2. The van der Waals surface area contributed by atoms with Crippen molar-refractivity contribution in [2.45, 2.75) is 37.8 Å². The van der Waals surface area contributed by atoms with Gasteiger partial charge in [0, 0.05) is 24.0 Å². The molecule has 0 saturated heterocycles. The molecular weight excluding hydrogens is 148 g/mol. The van der Waals surface area contributed by atoms with Crippen molar-refractivity contribution in [2.75, 3.05) is 0 Å². The Morgan fingerprint density at radius 3 is 3.00 bits per heavy atom. The Hall–Kier alpha value is -0.760. The highest BCUT2D eigenvalue weighted by Crippen LogP contribution is 2.38. The highest BCUT2D eigenvalue weighted by Gasteiger charge is 2.39. The van der Waals surface area contributed by atoms with Gasteiger partial charge in [0.15, 0.2) is 0 Å². The van der Waals surface area contributed by atoms with Crippen molar-refractivity contribution >= 4 is 0 Å². The molecule has 1 aromatic rings. The Balaban J connectivity index is 1.93. The Morgan fingerprint density at radius 1 is 1.33 bits per heavy atom. The molecule has 2 heteroatoms. The van der Waals surface area contributed by atoms with Crippen molar-refractivity contribution in [1.29, 1.82) is 0 Å². The molecule has 12 heavy (non-hydrogen) atoms. The van der Waals surface area contributed by atoms with Crippen LogP contribution in [0.1, 0.15) is 30.5 Å². The second-order valence-corrected chi connectivity index (χ2v) is 4.15. The van der Waals surface area contributed by atoms with Crippen molar-refractivity contribution in [1.82, 2.24) is 10.3 Å². The normalized spacial score (nSPS) is 25.0. The zero-order chi connectivity index (χ0) is 8.02. The van der Waals surface area contributed by atoms with E-state index in [-0.39, 0.29) is 0 Å². The van der Waals surface area contributed by atoms with Gasteiger partial charge >= 0.3 is 0 Å². The SMILES string of the molecule is c1cc2c([nH]1)CNC1(CCC1)C2. The molecule has 2 heterocycles. The van der Waals surface area contributed by atoms with Gasteiger partial charge in [-0.25, -0.2) is 0 Å². The molecule has 64 valence electrons. The van der Waals surface area contributed by atoms with Crippen LogP contribution in [0.25, 0.3) is 0 Å². The van der Waals surface area contributed by atoms with E-state index < -0.39 is 0 Å². The summed E-state index contributed by atoms with van der Waals surface area (Å²) in [6.07, 6.45) is 7.46. The fourth-order valence-electron chi connectivity index (χ4n) is 2.43. The minimum atomic E-state index is 0.495. The molecule has 3 rings (SSSR count). The molecule has 2 N–H and O–H groups in total. The summed E-state index contributed by atoms with van der Waals surface area (Å²) in [6.45, 7) is 1.04. The van der Waals surface area contributed by atoms with E-state index in [2.05, 4.69) is 22.6 Å². The highest BCUT2D eigenvalue weighted by atomic mass is 15.0. The van der Waals surface area contributed by atoms with Crippen molar-refractivity contribution in [3.63, 3.8) is 0 Å². The predicted octanol–water partition coefficient (Wildman–Crippen LogP) is 1.58. The van der Waals surface area contributed by atoms with Gasteiger partial charge in [-0.3, -0.25) is 0 Å². The summed E-state index contributed by atoms with van der Waals surface area (Å²) in [5, 5.41) is 3.64. The molecule has 0 radical (unpaired) electrons. The van der Waals surface area contributed by atoms with E-state index in [1.807, 2.05) is 0 Å². The maximum atomic E-state index is 3.64. The van der Waals surface area contributed by atoms with Gasteiger partial charge in [0.2, 0.25) is 0 Å².